The van der Waals surface area contributed by atoms with Gasteiger partial charge in [-0.25, -0.2) is 4.98 Å². The van der Waals surface area contributed by atoms with Crippen molar-refractivity contribution >= 4 is 17.1 Å². The molecule has 3 aromatic rings. The SMILES string of the molecule is CCCn1c(N)nc2nc(-c3cnn(C)c3)[nH]c2c1=O. The number of aromatic amines is 1. The first-order valence-corrected chi connectivity index (χ1v) is 6.35. The van der Waals surface area contributed by atoms with Crippen LogP contribution in [-0.2, 0) is 13.6 Å². The summed E-state index contributed by atoms with van der Waals surface area (Å²) >= 11 is 0. The highest BCUT2D eigenvalue weighted by Crippen LogP contribution is 2.17. The summed E-state index contributed by atoms with van der Waals surface area (Å²) in [4.78, 5) is 23.8. The average molecular weight is 273 g/mol. The van der Waals surface area contributed by atoms with Gasteiger partial charge in [0.05, 0.1) is 11.8 Å². The average Bonchev–Trinajstić information content (AvgIpc) is 3.00. The molecule has 8 nitrogen and oxygen atoms in total. The van der Waals surface area contributed by atoms with E-state index in [9.17, 15) is 4.79 Å². The molecule has 3 rings (SSSR count). The molecule has 0 aromatic carbocycles. The van der Waals surface area contributed by atoms with E-state index in [0.717, 1.165) is 12.0 Å². The largest absolute Gasteiger partial charge is 0.369 e. The van der Waals surface area contributed by atoms with E-state index in [1.54, 1.807) is 10.9 Å². The Balaban J connectivity index is 2.21. The first-order valence-electron chi connectivity index (χ1n) is 6.35. The highest BCUT2D eigenvalue weighted by molar-refractivity contribution is 5.75. The number of nitrogens with two attached hydrogens (primary N) is 1. The van der Waals surface area contributed by atoms with Crippen molar-refractivity contribution in [2.45, 2.75) is 19.9 Å². The van der Waals surface area contributed by atoms with Crippen LogP contribution in [0.1, 0.15) is 13.3 Å². The van der Waals surface area contributed by atoms with Crippen molar-refractivity contribution in [2.24, 2.45) is 7.05 Å². The third-order valence-electron chi connectivity index (χ3n) is 3.07. The highest BCUT2D eigenvalue weighted by atomic mass is 16.1. The molecule has 0 spiro atoms. The van der Waals surface area contributed by atoms with Gasteiger partial charge in [0.1, 0.15) is 5.82 Å². The zero-order chi connectivity index (χ0) is 14.3. The van der Waals surface area contributed by atoms with Gasteiger partial charge in [0.25, 0.3) is 5.56 Å². The van der Waals surface area contributed by atoms with E-state index in [2.05, 4.69) is 20.1 Å². The number of hydrogen-bond acceptors (Lipinski definition) is 5. The Morgan fingerprint density at radius 2 is 2.20 bits per heavy atom. The van der Waals surface area contributed by atoms with Gasteiger partial charge in [-0.3, -0.25) is 14.0 Å². The summed E-state index contributed by atoms with van der Waals surface area (Å²) < 4.78 is 3.12. The molecule has 20 heavy (non-hydrogen) atoms. The Morgan fingerprint density at radius 3 is 2.85 bits per heavy atom. The minimum absolute atomic E-state index is 0.189. The number of aryl methyl sites for hydroxylation is 1. The van der Waals surface area contributed by atoms with Gasteiger partial charge in [0.15, 0.2) is 11.2 Å². The maximum absolute atomic E-state index is 12.3. The van der Waals surface area contributed by atoms with Crippen LogP contribution in [0, 0.1) is 0 Å². The number of nitrogens with zero attached hydrogens (tertiary/aromatic N) is 5. The smallest absolute Gasteiger partial charge is 0.280 e. The Morgan fingerprint density at radius 1 is 1.40 bits per heavy atom. The van der Waals surface area contributed by atoms with Crippen molar-refractivity contribution in [3.63, 3.8) is 0 Å². The molecule has 0 radical (unpaired) electrons. The van der Waals surface area contributed by atoms with Gasteiger partial charge in [-0.1, -0.05) is 6.92 Å². The Bertz CT molecular complexity index is 826. The van der Waals surface area contributed by atoms with Crippen molar-refractivity contribution < 1.29 is 0 Å². The molecular weight excluding hydrogens is 258 g/mol. The van der Waals surface area contributed by atoms with Crippen LogP contribution >= 0.6 is 0 Å². The van der Waals surface area contributed by atoms with Crippen LogP contribution in [0.3, 0.4) is 0 Å². The zero-order valence-corrected chi connectivity index (χ0v) is 11.3. The van der Waals surface area contributed by atoms with E-state index >= 15 is 0 Å². The van der Waals surface area contributed by atoms with E-state index < -0.39 is 0 Å². The zero-order valence-electron chi connectivity index (χ0n) is 11.3. The van der Waals surface area contributed by atoms with E-state index in [4.69, 9.17) is 5.73 Å². The highest BCUT2D eigenvalue weighted by Gasteiger charge is 2.14. The second-order valence-electron chi connectivity index (χ2n) is 4.61. The molecule has 3 N–H and O–H groups in total. The molecule has 0 aliphatic heterocycles. The molecule has 0 fully saturated rings. The number of imidazole rings is 1. The van der Waals surface area contributed by atoms with Crippen LogP contribution in [0.15, 0.2) is 17.2 Å². The van der Waals surface area contributed by atoms with Crippen LogP contribution in [-0.4, -0.2) is 29.3 Å². The van der Waals surface area contributed by atoms with E-state index in [0.29, 0.717) is 23.5 Å². The number of rotatable bonds is 3. The summed E-state index contributed by atoms with van der Waals surface area (Å²) in [6.45, 7) is 2.51. The van der Waals surface area contributed by atoms with Crippen LogP contribution in [0.4, 0.5) is 5.95 Å². The third-order valence-corrected chi connectivity index (χ3v) is 3.07. The normalized spacial score (nSPS) is 11.3. The lowest BCUT2D eigenvalue weighted by Gasteiger charge is -2.05. The van der Waals surface area contributed by atoms with Crippen LogP contribution in [0.25, 0.3) is 22.6 Å². The summed E-state index contributed by atoms with van der Waals surface area (Å²) in [5, 5.41) is 4.08. The lowest BCUT2D eigenvalue weighted by atomic mass is 10.3. The predicted molar refractivity (Wildman–Crippen MR) is 75.1 cm³/mol. The van der Waals surface area contributed by atoms with Crippen molar-refractivity contribution in [3.05, 3.63) is 22.7 Å². The number of fused-ring (bicyclic) bond motifs is 1. The fourth-order valence-electron chi connectivity index (χ4n) is 2.12. The number of anilines is 1. The molecule has 0 aliphatic rings. The molecule has 0 atom stereocenters. The Labute approximate surface area is 114 Å². The molecule has 8 heteroatoms. The van der Waals surface area contributed by atoms with Crippen molar-refractivity contribution in [1.29, 1.82) is 0 Å². The third kappa shape index (κ3) is 1.85. The van der Waals surface area contributed by atoms with Crippen molar-refractivity contribution in [2.75, 3.05) is 5.73 Å². The van der Waals surface area contributed by atoms with Gasteiger partial charge < -0.3 is 10.7 Å². The summed E-state index contributed by atoms with van der Waals surface area (Å²) in [6, 6.07) is 0. The summed E-state index contributed by atoms with van der Waals surface area (Å²) in [7, 11) is 1.82. The number of nitrogens with one attached hydrogen (secondary N) is 1. The Hall–Kier alpha value is -2.64. The molecule has 104 valence electrons. The second-order valence-corrected chi connectivity index (χ2v) is 4.61. The van der Waals surface area contributed by atoms with Gasteiger partial charge in [0, 0.05) is 19.8 Å². The fraction of sp³-hybridized carbons (Fsp3) is 0.333. The van der Waals surface area contributed by atoms with Gasteiger partial charge in [-0.05, 0) is 6.42 Å². The number of nitrogen functional groups attached to an aromatic ring is 1. The Kier molecular flexibility index (Phi) is 2.78. The lowest BCUT2D eigenvalue weighted by Crippen LogP contribution is -2.24. The number of H-pyrrole nitrogens is 1. The van der Waals surface area contributed by atoms with Gasteiger partial charge in [-0.2, -0.15) is 10.1 Å². The molecular formula is C12H15N7O. The number of hydrogen-bond donors (Lipinski definition) is 2. The molecule has 3 heterocycles. The maximum Gasteiger partial charge on any atom is 0.280 e. The first-order chi connectivity index (χ1) is 9.60. The molecule has 0 saturated carbocycles. The monoisotopic (exact) mass is 273 g/mol. The molecule has 3 aromatic heterocycles. The summed E-state index contributed by atoms with van der Waals surface area (Å²) in [5.74, 6) is 0.750. The molecule has 0 unspecified atom stereocenters. The minimum atomic E-state index is -0.197. The van der Waals surface area contributed by atoms with Crippen LogP contribution in [0.5, 0.6) is 0 Å². The first kappa shape index (κ1) is 12.4. The standard InChI is InChI=1S/C12H15N7O/c1-3-4-19-11(20)8-10(17-12(19)13)16-9(15-8)7-5-14-18(2)6-7/h5-6H,3-4H2,1-2H3,(H2,13,17)(H,15,16). The minimum Gasteiger partial charge on any atom is -0.369 e. The van der Waals surface area contributed by atoms with Gasteiger partial charge in [-0.15, -0.1) is 0 Å². The van der Waals surface area contributed by atoms with Gasteiger partial charge >= 0.3 is 0 Å². The predicted octanol–water partition coefficient (Wildman–Crippen LogP) is 0.512. The van der Waals surface area contributed by atoms with Gasteiger partial charge in [0.2, 0.25) is 5.95 Å². The van der Waals surface area contributed by atoms with Crippen molar-refractivity contribution in [1.82, 2.24) is 29.3 Å². The molecule has 0 aliphatic carbocycles. The lowest BCUT2D eigenvalue weighted by molar-refractivity contribution is 0.658. The molecule has 0 bridgehead atoms. The quantitative estimate of drug-likeness (QED) is 0.723. The van der Waals surface area contributed by atoms with Crippen LogP contribution in [0.2, 0.25) is 0 Å². The van der Waals surface area contributed by atoms with E-state index in [1.165, 1.54) is 4.57 Å². The van der Waals surface area contributed by atoms with Crippen molar-refractivity contribution in [3.8, 4) is 11.4 Å². The van der Waals surface area contributed by atoms with E-state index in [1.807, 2.05) is 20.2 Å². The number of aromatic nitrogens is 6. The second kappa shape index (κ2) is 4.48. The molecule has 0 amide bonds. The topological polar surface area (TPSA) is 107 Å². The maximum atomic E-state index is 12.3. The summed E-state index contributed by atoms with van der Waals surface area (Å²) in [5.41, 5.74) is 7.11. The summed E-state index contributed by atoms with van der Waals surface area (Å²) in [6.07, 6.45) is 4.29. The fourth-order valence-corrected chi connectivity index (χ4v) is 2.12. The van der Waals surface area contributed by atoms with E-state index in [-0.39, 0.29) is 11.5 Å². The van der Waals surface area contributed by atoms with Crippen LogP contribution < -0.4 is 11.3 Å². The molecule has 0 saturated heterocycles.